The van der Waals surface area contributed by atoms with Crippen molar-refractivity contribution in [1.29, 1.82) is 0 Å². The monoisotopic (exact) mass is 639 g/mol. The quantitative estimate of drug-likeness (QED) is 0.246. The van der Waals surface area contributed by atoms with E-state index in [4.69, 9.17) is 21.1 Å². The van der Waals surface area contributed by atoms with Crippen molar-refractivity contribution in [2.24, 2.45) is 0 Å². The summed E-state index contributed by atoms with van der Waals surface area (Å²) < 4.78 is 26.1. The summed E-state index contributed by atoms with van der Waals surface area (Å²) in [5, 5.41) is -0.290. The largest absolute Gasteiger partial charge is 0.493 e. The SMILES string of the molecule is COc1cc(/C=C2\SC(=O)N(Cc3ccc(F)cc3Cl)C2=O)c(Br)c(Br)c1OCc1ccccc1. The van der Waals surface area contributed by atoms with Gasteiger partial charge in [-0.05, 0) is 84.6 Å². The second-order valence-corrected chi connectivity index (χ2v) is 10.4. The minimum absolute atomic E-state index is 0.0540. The summed E-state index contributed by atoms with van der Waals surface area (Å²) in [7, 11) is 1.52. The van der Waals surface area contributed by atoms with Crippen LogP contribution in [0.2, 0.25) is 5.02 Å². The predicted molar refractivity (Wildman–Crippen MR) is 142 cm³/mol. The Morgan fingerprint density at radius 1 is 1.09 bits per heavy atom. The molecule has 10 heteroatoms. The summed E-state index contributed by atoms with van der Waals surface area (Å²) in [4.78, 5) is 26.9. The van der Waals surface area contributed by atoms with Crippen molar-refractivity contribution in [3.05, 3.63) is 96.0 Å². The molecule has 0 saturated carbocycles. The number of carbonyl (C=O) groups excluding carboxylic acids is 2. The van der Waals surface area contributed by atoms with Crippen LogP contribution in [0.3, 0.4) is 0 Å². The fourth-order valence-corrected chi connectivity index (χ4v) is 5.33. The molecule has 1 fully saturated rings. The van der Waals surface area contributed by atoms with Gasteiger partial charge >= 0.3 is 0 Å². The average Bonchev–Trinajstić information content (AvgIpc) is 3.10. The maximum Gasteiger partial charge on any atom is 0.293 e. The van der Waals surface area contributed by atoms with E-state index >= 15 is 0 Å². The van der Waals surface area contributed by atoms with Crippen molar-refractivity contribution in [3.8, 4) is 11.5 Å². The number of hydrogen-bond acceptors (Lipinski definition) is 5. The van der Waals surface area contributed by atoms with E-state index in [1.165, 1.54) is 19.2 Å². The number of carbonyl (C=O) groups is 2. The molecular weight excluding hydrogens is 625 g/mol. The Kier molecular flexibility index (Phi) is 8.21. The molecule has 1 heterocycles. The van der Waals surface area contributed by atoms with Crippen molar-refractivity contribution in [2.45, 2.75) is 13.2 Å². The summed E-state index contributed by atoms with van der Waals surface area (Å²) >= 11 is 14.0. The molecule has 1 aliphatic heterocycles. The highest BCUT2D eigenvalue weighted by Crippen LogP contribution is 2.45. The Labute approximate surface area is 227 Å². The molecule has 0 atom stereocenters. The average molecular weight is 642 g/mol. The molecule has 0 bridgehead atoms. The first-order valence-corrected chi connectivity index (χ1v) is 13.0. The molecule has 0 N–H and O–H groups in total. The smallest absolute Gasteiger partial charge is 0.293 e. The fourth-order valence-electron chi connectivity index (χ4n) is 3.32. The van der Waals surface area contributed by atoms with Gasteiger partial charge in [0.15, 0.2) is 11.5 Å². The van der Waals surface area contributed by atoms with Gasteiger partial charge < -0.3 is 9.47 Å². The van der Waals surface area contributed by atoms with Crippen molar-refractivity contribution < 1.29 is 23.5 Å². The molecule has 0 aromatic heterocycles. The lowest BCUT2D eigenvalue weighted by Gasteiger charge is -2.16. The van der Waals surface area contributed by atoms with Crippen molar-refractivity contribution in [1.82, 2.24) is 4.90 Å². The number of nitrogens with zero attached hydrogens (tertiary/aromatic N) is 1. The highest BCUT2D eigenvalue weighted by atomic mass is 79.9. The van der Waals surface area contributed by atoms with Crippen LogP contribution in [0.25, 0.3) is 6.08 Å². The molecule has 0 spiro atoms. The summed E-state index contributed by atoms with van der Waals surface area (Å²) in [5.74, 6) is -0.000785. The van der Waals surface area contributed by atoms with Gasteiger partial charge in [-0.1, -0.05) is 48.0 Å². The topological polar surface area (TPSA) is 55.8 Å². The van der Waals surface area contributed by atoms with Crippen LogP contribution in [0.15, 0.2) is 68.4 Å². The lowest BCUT2D eigenvalue weighted by Crippen LogP contribution is -2.27. The van der Waals surface area contributed by atoms with Gasteiger partial charge in [0.05, 0.1) is 23.0 Å². The zero-order valence-corrected chi connectivity index (χ0v) is 22.9. The second-order valence-electron chi connectivity index (χ2n) is 7.40. The van der Waals surface area contributed by atoms with Gasteiger partial charge in [-0.2, -0.15) is 0 Å². The summed E-state index contributed by atoms with van der Waals surface area (Å²) in [6.45, 7) is 0.286. The van der Waals surface area contributed by atoms with E-state index in [0.717, 1.165) is 28.3 Å². The summed E-state index contributed by atoms with van der Waals surface area (Å²) in [5.41, 5.74) is 2.09. The van der Waals surface area contributed by atoms with Crippen molar-refractivity contribution >= 4 is 72.4 Å². The van der Waals surface area contributed by atoms with Gasteiger partial charge in [-0.3, -0.25) is 14.5 Å². The molecule has 35 heavy (non-hydrogen) atoms. The van der Waals surface area contributed by atoms with Crippen LogP contribution in [-0.4, -0.2) is 23.2 Å². The molecular formula is C25H17Br2ClFNO4S. The van der Waals surface area contributed by atoms with Crippen molar-refractivity contribution in [2.75, 3.05) is 7.11 Å². The van der Waals surface area contributed by atoms with Crippen LogP contribution < -0.4 is 9.47 Å². The maximum absolute atomic E-state index is 13.3. The lowest BCUT2D eigenvalue weighted by molar-refractivity contribution is -0.123. The normalized spacial score (nSPS) is 14.7. The minimum atomic E-state index is -0.492. The molecule has 1 aliphatic rings. The van der Waals surface area contributed by atoms with Gasteiger partial charge in [0.1, 0.15) is 12.4 Å². The Hall–Kier alpha value is -2.33. The molecule has 2 amide bonds. The molecule has 0 aliphatic carbocycles. The summed E-state index contributed by atoms with van der Waals surface area (Å²) in [6.07, 6.45) is 1.61. The first kappa shape index (κ1) is 25.8. The van der Waals surface area contributed by atoms with E-state index in [9.17, 15) is 14.0 Å². The highest BCUT2D eigenvalue weighted by Gasteiger charge is 2.35. The van der Waals surface area contributed by atoms with E-state index in [1.807, 2.05) is 30.3 Å². The van der Waals surface area contributed by atoms with E-state index < -0.39 is 17.0 Å². The molecule has 180 valence electrons. The highest BCUT2D eigenvalue weighted by molar-refractivity contribution is 9.13. The maximum atomic E-state index is 13.3. The third-order valence-corrected chi connectivity index (χ3v) is 8.51. The van der Waals surface area contributed by atoms with Crippen LogP contribution >= 0.6 is 55.2 Å². The Bertz CT molecular complexity index is 1340. The number of imide groups is 1. The van der Waals surface area contributed by atoms with Gasteiger partial charge in [-0.15, -0.1) is 0 Å². The number of ether oxygens (including phenoxy) is 2. The zero-order chi connectivity index (χ0) is 25.1. The van der Waals surface area contributed by atoms with Gasteiger partial charge in [-0.25, -0.2) is 4.39 Å². The van der Waals surface area contributed by atoms with Crippen molar-refractivity contribution in [3.63, 3.8) is 0 Å². The fraction of sp³-hybridized carbons (Fsp3) is 0.120. The number of amides is 2. The van der Waals surface area contributed by atoms with Crippen LogP contribution in [0.4, 0.5) is 9.18 Å². The zero-order valence-electron chi connectivity index (χ0n) is 18.2. The number of methoxy groups -OCH3 is 1. The number of halogens is 4. The van der Waals surface area contributed by atoms with Crippen LogP contribution in [0.1, 0.15) is 16.7 Å². The predicted octanol–water partition coefficient (Wildman–Crippen LogP) is 7.83. The van der Waals surface area contributed by atoms with E-state index in [2.05, 4.69) is 31.9 Å². The van der Waals surface area contributed by atoms with E-state index in [0.29, 0.717) is 38.2 Å². The molecule has 4 rings (SSSR count). The Morgan fingerprint density at radius 2 is 1.83 bits per heavy atom. The second kappa shape index (κ2) is 11.2. The van der Waals surface area contributed by atoms with E-state index in [-0.39, 0.29) is 16.5 Å². The standard InChI is InChI=1S/C25H17Br2ClFNO4S/c1-33-19-9-16(21(26)22(27)23(19)34-13-14-5-3-2-4-6-14)10-20-24(31)30(25(32)35-20)12-15-7-8-17(29)11-18(15)28/h2-11H,12-13H2,1H3/b20-10-. The number of benzene rings is 3. The summed E-state index contributed by atoms with van der Waals surface area (Å²) in [6, 6.07) is 15.3. The minimum Gasteiger partial charge on any atom is -0.493 e. The molecule has 5 nitrogen and oxygen atoms in total. The van der Waals surface area contributed by atoms with Gasteiger partial charge in [0.2, 0.25) is 0 Å². The molecule has 0 unspecified atom stereocenters. The first-order valence-electron chi connectivity index (χ1n) is 10.2. The molecule has 1 saturated heterocycles. The Morgan fingerprint density at radius 3 is 2.51 bits per heavy atom. The van der Waals surface area contributed by atoms with Crippen LogP contribution in [-0.2, 0) is 17.9 Å². The van der Waals surface area contributed by atoms with Crippen LogP contribution in [0, 0.1) is 5.82 Å². The Balaban J connectivity index is 1.59. The number of thioether (sulfide) groups is 1. The molecule has 0 radical (unpaired) electrons. The molecule has 3 aromatic rings. The first-order chi connectivity index (χ1) is 16.8. The third-order valence-electron chi connectivity index (χ3n) is 5.11. The van der Waals surface area contributed by atoms with Gasteiger partial charge in [0, 0.05) is 9.50 Å². The number of rotatable bonds is 7. The number of hydrogen-bond donors (Lipinski definition) is 0. The van der Waals surface area contributed by atoms with Crippen LogP contribution in [0.5, 0.6) is 11.5 Å². The third kappa shape index (κ3) is 5.74. The van der Waals surface area contributed by atoms with E-state index in [1.54, 1.807) is 12.1 Å². The van der Waals surface area contributed by atoms with Gasteiger partial charge in [0.25, 0.3) is 11.1 Å². The lowest BCUT2D eigenvalue weighted by atomic mass is 10.1. The molecule has 3 aromatic carbocycles.